The highest BCUT2D eigenvalue weighted by Crippen LogP contribution is 2.11. The van der Waals surface area contributed by atoms with Crippen LogP contribution in [-0.2, 0) is 6.42 Å². The minimum absolute atomic E-state index is 0.108. The maximum atomic E-state index is 12.7. The first-order valence-corrected chi connectivity index (χ1v) is 6.72. The van der Waals surface area contributed by atoms with E-state index in [1.807, 2.05) is 12.1 Å². The van der Waals surface area contributed by atoms with Crippen LogP contribution in [-0.4, -0.2) is 12.5 Å². The molecule has 0 aromatic heterocycles. The van der Waals surface area contributed by atoms with Crippen molar-refractivity contribution in [3.63, 3.8) is 0 Å². The molecule has 0 saturated heterocycles. The van der Waals surface area contributed by atoms with E-state index < -0.39 is 0 Å². The first-order chi connectivity index (χ1) is 9.15. The zero-order chi connectivity index (χ0) is 13.7. The Bertz CT molecular complexity index is 569. The van der Waals surface area contributed by atoms with Crippen LogP contribution in [0.2, 0.25) is 0 Å². The lowest BCUT2D eigenvalue weighted by atomic mass is 10.1. The Kier molecular flexibility index (Phi) is 4.68. The Balaban J connectivity index is 1.86. The molecular formula is C15H13BrFNO. The normalized spacial score (nSPS) is 10.2. The van der Waals surface area contributed by atoms with E-state index in [1.54, 1.807) is 24.3 Å². The molecule has 1 amide bonds. The van der Waals surface area contributed by atoms with Crippen LogP contribution in [0, 0.1) is 5.82 Å². The van der Waals surface area contributed by atoms with Crippen LogP contribution < -0.4 is 5.32 Å². The van der Waals surface area contributed by atoms with Gasteiger partial charge in [0.05, 0.1) is 0 Å². The number of carbonyl (C=O) groups excluding carboxylic acids is 1. The van der Waals surface area contributed by atoms with Gasteiger partial charge >= 0.3 is 0 Å². The molecule has 2 aromatic carbocycles. The largest absolute Gasteiger partial charge is 0.352 e. The Morgan fingerprint density at radius 3 is 2.58 bits per heavy atom. The summed E-state index contributed by atoms with van der Waals surface area (Å²) in [6, 6.07) is 13.5. The highest BCUT2D eigenvalue weighted by Gasteiger charge is 2.04. The topological polar surface area (TPSA) is 29.1 Å². The fourth-order valence-electron chi connectivity index (χ4n) is 1.70. The van der Waals surface area contributed by atoms with Crippen LogP contribution in [0.4, 0.5) is 4.39 Å². The Morgan fingerprint density at radius 2 is 1.89 bits per heavy atom. The van der Waals surface area contributed by atoms with Gasteiger partial charge in [0.25, 0.3) is 5.91 Å². The quantitative estimate of drug-likeness (QED) is 0.916. The molecule has 2 aromatic rings. The van der Waals surface area contributed by atoms with E-state index in [0.29, 0.717) is 18.5 Å². The van der Waals surface area contributed by atoms with Gasteiger partial charge in [-0.1, -0.05) is 34.1 Å². The lowest BCUT2D eigenvalue weighted by Crippen LogP contribution is -2.25. The van der Waals surface area contributed by atoms with Gasteiger partial charge in [0.2, 0.25) is 0 Å². The second-order valence-corrected chi connectivity index (χ2v) is 5.06. The van der Waals surface area contributed by atoms with Crippen molar-refractivity contribution >= 4 is 21.8 Å². The molecule has 0 spiro atoms. The Labute approximate surface area is 119 Å². The molecule has 2 rings (SSSR count). The third-order valence-corrected chi connectivity index (χ3v) is 3.19. The average molecular weight is 322 g/mol. The highest BCUT2D eigenvalue weighted by atomic mass is 79.9. The molecule has 0 aliphatic heterocycles. The first-order valence-electron chi connectivity index (χ1n) is 5.93. The van der Waals surface area contributed by atoms with Crippen molar-refractivity contribution in [1.29, 1.82) is 0 Å². The number of hydrogen-bond acceptors (Lipinski definition) is 1. The maximum Gasteiger partial charge on any atom is 0.251 e. The van der Waals surface area contributed by atoms with E-state index in [1.165, 1.54) is 12.1 Å². The summed E-state index contributed by atoms with van der Waals surface area (Å²) in [5.74, 6) is -0.356. The van der Waals surface area contributed by atoms with Gasteiger partial charge in [-0.05, 0) is 42.3 Å². The van der Waals surface area contributed by atoms with E-state index in [2.05, 4.69) is 21.2 Å². The molecule has 0 aliphatic carbocycles. The van der Waals surface area contributed by atoms with E-state index in [4.69, 9.17) is 0 Å². The van der Waals surface area contributed by atoms with Gasteiger partial charge in [-0.2, -0.15) is 0 Å². The molecule has 98 valence electrons. The fraction of sp³-hybridized carbons (Fsp3) is 0.133. The molecule has 0 unspecified atom stereocenters. The zero-order valence-electron chi connectivity index (χ0n) is 10.2. The van der Waals surface area contributed by atoms with Crippen LogP contribution in [0.5, 0.6) is 0 Å². The number of rotatable bonds is 4. The summed E-state index contributed by atoms with van der Waals surface area (Å²) >= 11 is 3.33. The second-order valence-electron chi connectivity index (χ2n) is 4.14. The van der Waals surface area contributed by atoms with Crippen molar-refractivity contribution in [3.8, 4) is 0 Å². The van der Waals surface area contributed by atoms with Gasteiger partial charge in [-0.15, -0.1) is 0 Å². The average Bonchev–Trinajstić information content (AvgIpc) is 2.41. The SMILES string of the molecule is O=C(NCCc1ccc(F)cc1)c1cccc(Br)c1. The van der Waals surface area contributed by atoms with E-state index in [-0.39, 0.29) is 11.7 Å². The Morgan fingerprint density at radius 1 is 1.16 bits per heavy atom. The summed E-state index contributed by atoms with van der Waals surface area (Å²) in [5.41, 5.74) is 1.62. The van der Waals surface area contributed by atoms with E-state index in [0.717, 1.165) is 10.0 Å². The molecule has 0 bridgehead atoms. The lowest BCUT2D eigenvalue weighted by molar-refractivity contribution is 0.0954. The second kappa shape index (κ2) is 6.48. The monoisotopic (exact) mass is 321 g/mol. The number of amides is 1. The smallest absolute Gasteiger partial charge is 0.251 e. The molecule has 4 heteroatoms. The van der Waals surface area contributed by atoms with Crippen LogP contribution in [0.25, 0.3) is 0 Å². The van der Waals surface area contributed by atoms with Gasteiger partial charge in [0, 0.05) is 16.6 Å². The van der Waals surface area contributed by atoms with Crippen molar-refractivity contribution in [3.05, 3.63) is 69.9 Å². The van der Waals surface area contributed by atoms with Crippen molar-refractivity contribution < 1.29 is 9.18 Å². The molecule has 0 saturated carbocycles. The minimum Gasteiger partial charge on any atom is -0.352 e. The Hall–Kier alpha value is -1.68. The summed E-state index contributed by atoms with van der Waals surface area (Å²) in [4.78, 5) is 11.8. The number of halogens is 2. The summed E-state index contributed by atoms with van der Waals surface area (Å²) in [6.07, 6.45) is 0.681. The summed E-state index contributed by atoms with van der Waals surface area (Å²) in [6.45, 7) is 0.525. The van der Waals surface area contributed by atoms with Crippen molar-refractivity contribution in [2.75, 3.05) is 6.54 Å². The maximum absolute atomic E-state index is 12.7. The zero-order valence-corrected chi connectivity index (χ0v) is 11.8. The van der Waals surface area contributed by atoms with Crippen LogP contribution in [0.15, 0.2) is 53.0 Å². The summed E-state index contributed by atoms with van der Waals surface area (Å²) < 4.78 is 13.6. The standard InChI is InChI=1S/C15H13BrFNO/c16-13-3-1-2-12(10-13)15(19)18-9-8-11-4-6-14(17)7-5-11/h1-7,10H,8-9H2,(H,18,19). The predicted molar refractivity (Wildman–Crippen MR) is 76.6 cm³/mol. The van der Waals surface area contributed by atoms with Crippen LogP contribution in [0.3, 0.4) is 0 Å². The van der Waals surface area contributed by atoms with Gasteiger partial charge in [0.1, 0.15) is 5.82 Å². The predicted octanol–water partition coefficient (Wildman–Crippen LogP) is 3.56. The summed E-state index contributed by atoms with van der Waals surface area (Å²) in [7, 11) is 0. The van der Waals surface area contributed by atoms with Crippen molar-refractivity contribution in [2.24, 2.45) is 0 Å². The van der Waals surface area contributed by atoms with E-state index in [9.17, 15) is 9.18 Å². The summed E-state index contributed by atoms with van der Waals surface area (Å²) in [5, 5.41) is 2.84. The molecule has 0 heterocycles. The van der Waals surface area contributed by atoms with Crippen LogP contribution in [0.1, 0.15) is 15.9 Å². The lowest BCUT2D eigenvalue weighted by Gasteiger charge is -2.05. The molecule has 0 aliphatic rings. The molecule has 0 fully saturated rings. The molecule has 1 N–H and O–H groups in total. The van der Waals surface area contributed by atoms with Gasteiger partial charge in [-0.3, -0.25) is 4.79 Å². The highest BCUT2D eigenvalue weighted by molar-refractivity contribution is 9.10. The fourth-order valence-corrected chi connectivity index (χ4v) is 2.10. The molecule has 0 radical (unpaired) electrons. The number of benzene rings is 2. The number of hydrogen-bond donors (Lipinski definition) is 1. The van der Waals surface area contributed by atoms with Gasteiger partial charge in [0.15, 0.2) is 0 Å². The van der Waals surface area contributed by atoms with Gasteiger partial charge < -0.3 is 5.32 Å². The third-order valence-electron chi connectivity index (χ3n) is 2.70. The first kappa shape index (κ1) is 13.7. The molecule has 2 nitrogen and oxygen atoms in total. The van der Waals surface area contributed by atoms with Gasteiger partial charge in [-0.25, -0.2) is 4.39 Å². The molecular weight excluding hydrogens is 309 g/mol. The van der Waals surface area contributed by atoms with E-state index >= 15 is 0 Å². The van der Waals surface area contributed by atoms with Crippen LogP contribution >= 0.6 is 15.9 Å². The van der Waals surface area contributed by atoms with Crippen molar-refractivity contribution in [1.82, 2.24) is 5.32 Å². The minimum atomic E-state index is -0.248. The molecule has 19 heavy (non-hydrogen) atoms. The number of carbonyl (C=O) groups is 1. The third kappa shape index (κ3) is 4.17. The molecule has 0 atom stereocenters. The number of nitrogens with one attached hydrogen (secondary N) is 1. The van der Waals surface area contributed by atoms with Crippen molar-refractivity contribution in [2.45, 2.75) is 6.42 Å².